The highest BCUT2D eigenvalue weighted by molar-refractivity contribution is 5.97. The minimum absolute atomic E-state index is 0.118. The van der Waals surface area contributed by atoms with Crippen molar-refractivity contribution in [3.8, 4) is 29.4 Å². The lowest BCUT2D eigenvalue weighted by atomic mass is 10.1. The monoisotopic (exact) mass is 543 g/mol. The first-order valence-corrected chi connectivity index (χ1v) is 12.7. The lowest BCUT2D eigenvalue weighted by molar-refractivity contribution is -0.125. The van der Waals surface area contributed by atoms with Gasteiger partial charge in [-0.05, 0) is 38.7 Å². The number of rotatable bonds is 8. The third-order valence-electron chi connectivity index (χ3n) is 6.71. The van der Waals surface area contributed by atoms with Gasteiger partial charge in [-0.2, -0.15) is 5.26 Å². The molecule has 0 spiro atoms. The van der Waals surface area contributed by atoms with Crippen molar-refractivity contribution in [2.24, 2.45) is 0 Å². The normalized spacial score (nSPS) is 15.2. The molecule has 208 valence electrons. The van der Waals surface area contributed by atoms with Crippen molar-refractivity contribution in [3.63, 3.8) is 0 Å². The van der Waals surface area contributed by atoms with Crippen LogP contribution in [0.25, 0.3) is 11.0 Å². The van der Waals surface area contributed by atoms with Gasteiger partial charge in [0.05, 0.1) is 43.5 Å². The van der Waals surface area contributed by atoms with Crippen LogP contribution in [0.4, 0.5) is 5.82 Å². The molecule has 0 bridgehead atoms. The molecule has 11 heteroatoms. The van der Waals surface area contributed by atoms with E-state index in [1.165, 1.54) is 6.33 Å². The zero-order chi connectivity index (χ0) is 28.8. The Labute approximate surface area is 233 Å². The lowest BCUT2D eigenvalue weighted by Crippen LogP contribution is -2.30. The van der Waals surface area contributed by atoms with Crippen LogP contribution in [0, 0.1) is 23.2 Å². The molecule has 3 heterocycles. The molecule has 1 saturated heterocycles. The Bertz CT molecular complexity index is 1520. The van der Waals surface area contributed by atoms with Gasteiger partial charge in [-0.25, -0.2) is 9.97 Å². The van der Waals surface area contributed by atoms with Gasteiger partial charge in [0.25, 0.3) is 5.91 Å². The quantitative estimate of drug-likeness (QED) is 0.258. The van der Waals surface area contributed by atoms with Gasteiger partial charge in [0.2, 0.25) is 0 Å². The number of methoxy groups -OCH3 is 3. The summed E-state index contributed by atoms with van der Waals surface area (Å²) < 4.78 is 18.4. The minimum Gasteiger partial charge on any atom is -0.497 e. The van der Waals surface area contributed by atoms with E-state index in [0.717, 1.165) is 5.69 Å². The molecule has 1 fully saturated rings. The number of likely N-dealkylation sites (tertiary alicyclic amines) is 1. The van der Waals surface area contributed by atoms with E-state index in [9.17, 15) is 10.1 Å². The number of hydrogen-bond acceptors (Lipinski definition) is 9. The number of fused-ring (bicyclic) bond motifs is 1. The van der Waals surface area contributed by atoms with Crippen molar-refractivity contribution >= 4 is 22.8 Å². The van der Waals surface area contributed by atoms with Crippen LogP contribution >= 0.6 is 0 Å². The van der Waals surface area contributed by atoms with Gasteiger partial charge >= 0.3 is 0 Å². The molecular weight excluding hydrogens is 510 g/mol. The molecule has 1 amide bonds. The van der Waals surface area contributed by atoms with Crippen LogP contribution < -0.4 is 15.2 Å². The van der Waals surface area contributed by atoms with Crippen molar-refractivity contribution in [2.75, 3.05) is 60.8 Å². The molecule has 2 aromatic heterocycles. The van der Waals surface area contributed by atoms with Crippen molar-refractivity contribution in [1.82, 2.24) is 24.3 Å². The lowest BCUT2D eigenvalue weighted by Gasteiger charge is -2.19. The number of nitriles is 1. The molecule has 1 unspecified atom stereocenters. The van der Waals surface area contributed by atoms with E-state index in [1.807, 2.05) is 31.1 Å². The zero-order valence-electron chi connectivity index (χ0n) is 23.4. The fraction of sp³-hybridized carbons (Fsp3) is 0.379. The number of ether oxygens (including phenoxy) is 3. The van der Waals surface area contributed by atoms with Crippen LogP contribution in [0.5, 0.6) is 11.5 Å². The van der Waals surface area contributed by atoms with E-state index in [2.05, 4.69) is 32.4 Å². The van der Waals surface area contributed by atoms with Crippen molar-refractivity contribution < 1.29 is 19.0 Å². The molecule has 1 atom stereocenters. The number of likely N-dealkylation sites (N-methyl/N-ethyl adjacent to an activating group) is 1. The first-order valence-electron chi connectivity index (χ1n) is 12.7. The summed E-state index contributed by atoms with van der Waals surface area (Å²) in [5.74, 6) is 7.75. The topological polar surface area (TPSA) is 132 Å². The van der Waals surface area contributed by atoms with Gasteiger partial charge in [0.15, 0.2) is 0 Å². The smallest absolute Gasteiger partial charge is 0.264 e. The minimum atomic E-state index is -0.280. The molecule has 1 aromatic carbocycles. The predicted octanol–water partition coefficient (Wildman–Crippen LogP) is 2.36. The second-order valence-corrected chi connectivity index (χ2v) is 9.62. The number of nitrogens with two attached hydrogens (primary N) is 1. The number of aromatic nitrogens is 3. The maximum Gasteiger partial charge on any atom is 0.264 e. The number of anilines is 1. The summed E-state index contributed by atoms with van der Waals surface area (Å²) in [6.07, 6.45) is 3.75. The molecule has 1 aliphatic heterocycles. The molecule has 2 N–H and O–H groups in total. The van der Waals surface area contributed by atoms with E-state index in [-0.39, 0.29) is 24.1 Å². The highest BCUT2D eigenvalue weighted by Gasteiger charge is 2.33. The highest BCUT2D eigenvalue weighted by Crippen LogP contribution is 2.35. The number of carbonyl (C=O) groups is 1. The Morgan fingerprint density at radius 1 is 1.18 bits per heavy atom. The fourth-order valence-electron chi connectivity index (χ4n) is 4.79. The number of nitrogen functional groups attached to an aromatic ring is 1. The predicted molar refractivity (Wildman–Crippen MR) is 151 cm³/mol. The van der Waals surface area contributed by atoms with Gasteiger partial charge in [-0.3, -0.25) is 4.79 Å². The summed E-state index contributed by atoms with van der Waals surface area (Å²) in [5.41, 5.74) is 9.26. The second kappa shape index (κ2) is 12.5. The Kier molecular flexibility index (Phi) is 8.90. The van der Waals surface area contributed by atoms with Gasteiger partial charge < -0.3 is 34.3 Å². The summed E-state index contributed by atoms with van der Waals surface area (Å²) in [5, 5.41) is 10.2. The van der Waals surface area contributed by atoms with Crippen molar-refractivity contribution in [2.45, 2.75) is 19.1 Å². The van der Waals surface area contributed by atoms with Crippen molar-refractivity contribution in [1.29, 1.82) is 5.26 Å². The summed E-state index contributed by atoms with van der Waals surface area (Å²) >= 11 is 0. The molecule has 0 aliphatic carbocycles. The Balaban J connectivity index is 1.77. The van der Waals surface area contributed by atoms with Crippen LogP contribution in [0.3, 0.4) is 0 Å². The molecule has 0 radical (unpaired) electrons. The largest absolute Gasteiger partial charge is 0.497 e. The van der Waals surface area contributed by atoms with Crippen LogP contribution in [0.1, 0.15) is 29.3 Å². The first-order chi connectivity index (χ1) is 19.3. The van der Waals surface area contributed by atoms with Crippen LogP contribution in [-0.4, -0.2) is 85.3 Å². The van der Waals surface area contributed by atoms with Gasteiger partial charge in [0, 0.05) is 38.4 Å². The SMILES string of the molecule is COCc1c(C#Cc2cc(OC)cc(OC)c2)c2c(N)ncnc2n1C1CCN(C(=O)/C(C#N)=C/CN(C)C)C1. The van der Waals surface area contributed by atoms with Crippen LogP contribution in [0.15, 0.2) is 36.2 Å². The van der Waals surface area contributed by atoms with Crippen LogP contribution in [0.2, 0.25) is 0 Å². The van der Waals surface area contributed by atoms with Gasteiger partial charge in [0.1, 0.15) is 40.9 Å². The summed E-state index contributed by atoms with van der Waals surface area (Å²) in [7, 11) is 8.55. The summed E-state index contributed by atoms with van der Waals surface area (Å²) in [6, 6.07) is 7.35. The van der Waals surface area contributed by atoms with Gasteiger partial charge in [-0.1, -0.05) is 11.8 Å². The average Bonchev–Trinajstić information content (AvgIpc) is 3.55. The number of hydrogen-bond donors (Lipinski definition) is 1. The fourth-order valence-corrected chi connectivity index (χ4v) is 4.79. The number of benzene rings is 1. The molecule has 1 aliphatic rings. The zero-order valence-corrected chi connectivity index (χ0v) is 23.4. The highest BCUT2D eigenvalue weighted by atomic mass is 16.5. The van der Waals surface area contributed by atoms with E-state index < -0.39 is 0 Å². The number of amides is 1. The average molecular weight is 544 g/mol. The number of carbonyl (C=O) groups excluding carboxylic acids is 1. The van der Waals surface area contributed by atoms with E-state index in [4.69, 9.17) is 19.9 Å². The molecule has 40 heavy (non-hydrogen) atoms. The summed E-state index contributed by atoms with van der Waals surface area (Å²) in [6.45, 7) is 1.66. The maximum absolute atomic E-state index is 13.2. The van der Waals surface area contributed by atoms with E-state index in [0.29, 0.717) is 65.5 Å². The first kappa shape index (κ1) is 28.4. The Hall–Kier alpha value is -4.58. The second-order valence-electron chi connectivity index (χ2n) is 9.62. The third kappa shape index (κ3) is 5.86. The van der Waals surface area contributed by atoms with Crippen LogP contribution in [-0.2, 0) is 16.1 Å². The third-order valence-corrected chi connectivity index (χ3v) is 6.71. The standard InChI is InChI=1S/C29H33N7O4/c1-34(2)10-8-20(15-30)29(37)35-11-9-21(16-35)36-25(17-38-3)24(26-27(31)32-18-33-28(26)36)7-6-19-12-22(39-4)14-23(13-19)40-5/h8,12-14,18,21H,9-11,16-17H2,1-5H3,(H2,31,32,33)/b20-8+. The molecule has 4 rings (SSSR count). The Morgan fingerprint density at radius 3 is 2.52 bits per heavy atom. The van der Waals surface area contributed by atoms with E-state index >= 15 is 0 Å². The molecule has 0 saturated carbocycles. The van der Waals surface area contributed by atoms with E-state index in [1.54, 1.807) is 38.4 Å². The molecule has 11 nitrogen and oxygen atoms in total. The van der Waals surface area contributed by atoms with Gasteiger partial charge in [-0.15, -0.1) is 0 Å². The molecule has 3 aromatic rings. The Morgan fingerprint density at radius 2 is 1.90 bits per heavy atom. The molecular formula is C29H33N7O4. The maximum atomic E-state index is 13.2. The van der Waals surface area contributed by atoms with Crippen molar-refractivity contribution in [3.05, 3.63) is 53.0 Å². The summed E-state index contributed by atoms with van der Waals surface area (Å²) in [4.78, 5) is 25.5. The number of nitrogens with zero attached hydrogens (tertiary/aromatic N) is 6.